The quantitative estimate of drug-likeness (QED) is 0.700. The molecule has 0 radical (unpaired) electrons. The number of nitrogens with zero attached hydrogens (tertiary/aromatic N) is 2. The highest BCUT2D eigenvalue weighted by molar-refractivity contribution is 5.95. The van der Waals surface area contributed by atoms with E-state index in [0.29, 0.717) is 39.0 Å². The number of hydrogen-bond donors (Lipinski definition) is 3. The molecule has 1 fully saturated rings. The molecule has 3 rings (SSSR count). The lowest BCUT2D eigenvalue weighted by Crippen LogP contribution is -2.50. The first-order valence-corrected chi connectivity index (χ1v) is 9.22. The fourth-order valence-electron chi connectivity index (χ4n) is 3.23. The lowest BCUT2D eigenvalue weighted by molar-refractivity contribution is -0.132. The highest BCUT2D eigenvalue weighted by Crippen LogP contribution is 2.35. The molecule has 0 aromatic heterocycles. The summed E-state index contributed by atoms with van der Waals surface area (Å²) < 4.78 is 0. The van der Waals surface area contributed by atoms with E-state index in [9.17, 15) is 24.9 Å². The molecule has 1 aliphatic heterocycles. The molecule has 148 valence electrons. The van der Waals surface area contributed by atoms with Crippen LogP contribution in [-0.4, -0.2) is 63.1 Å². The zero-order chi connectivity index (χ0) is 20.3. The third-order valence-corrected chi connectivity index (χ3v) is 4.98. The maximum absolute atomic E-state index is 12.5. The van der Waals surface area contributed by atoms with Gasteiger partial charge in [0.2, 0.25) is 5.91 Å². The molecule has 7 heteroatoms. The maximum atomic E-state index is 12.5. The molecule has 0 aliphatic carbocycles. The number of piperazine rings is 1. The molecule has 3 N–H and O–H groups in total. The molecule has 2 amide bonds. The summed E-state index contributed by atoms with van der Waals surface area (Å²) in [5.74, 6) is -2.05. The number of rotatable bonds is 4. The van der Waals surface area contributed by atoms with Gasteiger partial charge >= 0.3 is 0 Å². The molecular formula is C21H24N2O5. The fourth-order valence-corrected chi connectivity index (χ4v) is 3.23. The van der Waals surface area contributed by atoms with Crippen molar-refractivity contribution < 1.29 is 24.9 Å². The normalized spacial score (nSPS) is 14.2. The van der Waals surface area contributed by atoms with Crippen LogP contribution in [0.4, 0.5) is 0 Å². The van der Waals surface area contributed by atoms with Crippen molar-refractivity contribution >= 4 is 11.8 Å². The van der Waals surface area contributed by atoms with E-state index in [1.807, 2.05) is 31.2 Å². The molecule has 1 saturated heterocycles. The van der Waals surface area contributed by atoms with E-state index < -0.39 is 17.2 Å². The van der Waals surface area contributed by atoms with Crippen LogP contribution in [-0.2, 0) is 11.2 Å². The highest BCUT2D eigenvalue weighted by atomic mass is 16.3. The van der Waals surface area contributed by atoms with E-state index in [1.165, 1.54) is 5.56 Å². The van der Waals surface area contributed by atoms with E-state index >= 15 is 0 Å². The molecule has 2 aromatic rings. The largest absolute Gasteiger partial charge is 0.504 e. The molecule has 0 bridgehead atoms. The Kier molecular flexibility index (Phi) is 5.73. The first kappa shape index (κ1) is 19.5. The Morgan fingerprint density at radius 1 is 0.893 bits per heavy atom. The van der Waals surface area contributed by atoms with Crippen LogP contribution in [0.2, 0.25) is 0 Å². The predicted molar refractivity (Wildman–Crippen MR) is 103 cm³/mol. The van der Waals surface area contributed by atoms with Crippen LogP contribution in [0, 0.1) is 6.92 Å². The van der Waals surface area contributed by atoms with E-state index in [4.69, 9.17) is 0 Å². The van der Waals surface area contributed by atoms with Crippen LogP contribution < -0.4 is 0 Å². The number of aromatic hydroxyl groups is 3. The van der Waals surface area contributed by atoms with Crippen molar-refractivity contribution in [2.24, 2.45) is 0 Å². The van der Waals surface area contributed by atoms with Crippen LogP contribution in [0.25, 0.3) is 0 Å². The van der Waals surface area contributed by atoms with Crippen molar-refractivity contribution in [1.29, 1.82) is 0 Å². The maximum Gasteiger partial charge on any atom is 0.254 e. The van der Waals surface area contributed by atoms with Crippen molar-refractivity contribution in [2.75, 3.05) is 26.2 Å². The van der Waals surface area contributed by atoms with E-state index in [1.54, 1.807) is 9.80 Å². The lowest BCUT2D eigenvalue weighted by atomic mass is 10.1. The van der Waals surface area contributed by atoms with Crippen LogP contribution in [0.3, 0.4) is 0 Å². The predicted octanol–water partition coefficient (Wildman–Crippen LogP) is 2.03. The summed E-state index contributed by atoms with van der Waals surface area (Å²) >= 11 is 0. The third-order valence-electron chi connectivity index (χ3n) is 4.98. The monoisotopic (exact) mass is 384 g/mol. The second-order valence-electron chi connectivity index (χ2n) is 7.02. The summed E-state index contributed by atoms with van der Waals surface area (Å²) in [5.41, 5.74) is 2.40. The van der Waals surface area contributed by atoms with E-state index in [2.05, 4.69) is 0 Å². The van der Waals surface area contributed by atoms with Gasteiger partial charge in [-0.1, -0.05) is 29.8 Å². The smallest absolute Gasteiger partial charge is 0.254 e. The number of phenolic OH excluding ortho intramolecular Hbond substituents is 3. The molecular weight excluding hydrogens is 360 g/mol. The number of aryl methyl sites for hydroxylation is 2. The molecule has 0 unspecified atom stereocenters. The number of hydrogen-bond acceptors (Lipinski definition) is 5. The van der Waals surface area contributed by atoms with Crippen LogP contribution in [0.5, 0.6) is 17.2 Å². The summed E-state index contributed by atoms with van der Waals surface area (Å²) in [6.45, 7) is 3.65. The van der Waals surface area contributed by atoms with Gasteiger partial charge in [-0.25, -0.2) is 0 Å². The third kappa shape index (κ3) is 4.36. The van der Waals surface area contributed by atoms with Gasteiger partial charge in [-0.3, -0.25) is 9.59 Å². The topological polar surface area (TPSA) is 101 Å². The first-order chi connectivity index (χ1) is 13.3. The zero-order valence-corrected chi connectivity index (χ0v) is 15.8. The first-order valence-electron chi connectivity index (χ1n) is 9.22. The van der Waals surface area contributed by atoms with Crippen LogP contribution in [0.1, 0.15) is 27.9 Å². The van der Waals surface area contributed by atoms with Gasteiger partial charge in [0, 0.05) is 38.2 Å². The Hall–Kier alpha value is -3.22. The van der Waals surface area contributed by atoms with Crippen LogP contribution in [0.15, 0.2) is 36.4 Å². The van der Waals surface area contributed by atoms with Gasteiger partial charge < -0.3 is 25.1 Å². The average Bonchev–Trinajstić information content (AvgIpc) is 2.70. The van der Waals surface area contributed by atoms with Gasteiger partial charge in [-0.2, -0.15) is 0 Å². The molecule has 1 aliphatic rings. The van der Waals surface area contributed by atoms with Gasteiger partial charge in [0.15, 0.2) is 17.2 Å². The molecule has 28 heavy (non-hydrogen) atoms. The van der Waals surface area contributed by atoms with Crippen molar-refractivity contribution in [2.45, 2.75) is 19.8 Å². The molecule has 0 saturated carbocycles. The summed E-state index contributed by atoms with van der Waals surface area (Å²) in [5, 5.41) is 28.6. The Labute approximate surface area is 163 Å². The van der Waals surface area contributed by atoms with Gasteiger partial charge in [0.05, 0.1) is 0 Å². The average molecular weight is 384 g/mol. The number of carbonyl (C=O) groups excluding carboxylic acids is 2. The molecule has 0 spiro atoms. The van der Waals surface area contributed by atoms with Gasteiger partial charge in [-0.15, -0.1) is 0 Å². The number of amides is 2. The standard InChI is InChI=1S/C21H24N2O5/c1-14-2-4-15(5-3-14)6-7-19(26)22-8-10-23(11-9-22)21(28)16-12-17(24)20(27)18(25)13-16/h2-5,12-13,24-25,27H,6-11H2,1H3. The Bertz CT molecular complexity index is 848. The Morgan fingerprint density at radius 2 is 1.43 bits per heavy atom. The minimum Gasteiger partial charge on any atom is -0.504 e. The molecule has 2 aromatic carbocycles. The van der Waals surface area contributed by atoms with E-state index in [0.717, 1.165) is 17.7 Å². The van der Waals surface area contributed by atoms with Crippen LogP contribution >= 0.6 is 0 Å². The SMILES string of the molecule is Cc1ccc(CCC(=O)N2CCN(C(=O)c3cc(O)c(O)c(O)c3)CC2)cc1. The van der Waals surface area contributed by atoms with Gasteiger partial charge in [0.1, 0.15) is 0 Å². The summed E-state index contributed by atoms with van der Waals surface area (Å²) in [7, 11) is 0. The van der Waals surface area contributed by atoms with Crippen molar-refractivity contribution in [3.05, 3.63) is 53.1 Å². The molecule has 1 heterocycles. The van der Waals surface area contributed by atoms with E-state index in [-0.39, 0.29) is 17.4 Å². The minimum atomic E-state index is -0.652. The Morgan fingerprint density at radius 3 is 2.00 bits per heavy atom. The van der Waals surface area contributed by atoms with Crippen molar-refractivity contribution in [3.8, 4) is 17.2 Å². The van der Waals surface area contributed by atoms with Crippen molar-refractivity contribution in [3.63, 3.8) is 0 Å². The number of carbonyl (C=O) groups is 2. The zero-order valence-electron chi connectivity index (χ0n) is 15.8. The Balaban J connectivity index is 1.53. The highest BCUT2D eigenvalue weighted by Gasteiger charge is 2.25. The van der Waals surface area contributed by atoms with Gasteiger partial charge in [-0.05, 0) is 31.0 Å². The molecule has 0 atom stereocenters. The molecule has 7 nitrogen and oxygen atoms in total. The van der Waals surface area contributed by atoms with Crippen molar-refractivity contribution in [1.82, 2.24) is 9.80 Å². The van der Waals surface area contributed by atoms with Gasteiger partial charge in [0.25, 0.3) is 5.91 Å². The second kappa shape index (κ2) is 8.21. The fraction of sp³-hybridized carbons (Fsp3) is 0.333. The summed E-state index contributed by atoms with van der Waals surface area (Å²) in [6.07, 6.45) is 1.11. The second-order valence-corrected chi connectivity index (χ2v) is 7.02. The number of phenols is 3. The summed E-state index contributed by atoms with van der Waals surface area (Å²) in [6, 6.07) is 10.4. The minimum absolute atomic E-state index is 0.0626. The lowest BCUT2D eigenvalue weighted by Gasteiger charge is -2.35. The number of benzene rings is 2. The summed E-state index contributed by atoms with van der Waals surface area (Å²) in [4.78, 5) is 28.3.